The molecular formula is C14H9F6N3OS. The summed E-state index contributed by atoms with van der Waals surface area (Å²) in [6, 6.07) is 8.71. The van der Waals surface area contributed by atoms with Gasteiger partial charge in [0.05, 0.1) is 12.1 Å². The van der Waals surface area contributed by atoms with Crippen LogP contribution in [0.15, 0.2) is 40.8 Å². The number of alkyl halides is 6. The van der Waals surface area contributed by atoms with E-state index in [2.05, 4.69) is 10.1 Å². The summed E-state index contributed by atoms with van der Waals surface area (Å²) >= 11 is 0.918. The van der Waals surface area contributed by atoms with Gasteiger partial charge in [0.25, 0.3) is 0 Å². The van der Waals surface area contributed by atoms with Crippen molar-refractivity contribution in [1.82, 2.24) is 4.98 Å². The molecule has 2 aromatic rings. The van der Waals surface area contributed by atoms with Gasteiger partial charge in [-0.3, -0.25) is 10.2 Å². The second-order valence-corrected chi connectivity index (χ2v) is 5.53. The number of anilines is 1. The summed E-state index contributed by atoms with van der Waals surface area (Å²) in [6.45, 7) is 0. The number of ketones is 1. The summed E-state index contributed by atoms with van der Waals surface area (Å²) in [7, 11) is 0. The number of rotatable bonds is 5. The van der Waals surface area contributed by atoms with Crippen molar-refractivity contribution in [3.63, 3.8) is 0 Å². The number of nitrogens with one attached hydrogen (secondary N) is 1. The Morgan fingerprint density at radius 2 is 1.72 bits per heavy atom. The number of hydrogen-bond acceptors (Lipinski definition) is 5. The largest absolute Gasteiger partial charge is 0.450 e. The summed E-state index contributed by atoms with van der Waals surface area (Å²) in [4.78, 5) is 14.8. The van der Waals surface area contributed by atoms with Gasteiger partial charge in [0.2, 0.25) is 10.9 Å². The highest BCUT2D eigenvalue weighted by Gasteiger charge is 2.45. The summed E-state index contributed by atoms with van der Waals surface area (Å²) in [6.07, 6.45) is -12.5. The topological polar surface area (TPSA) is 54.4 Å². The first kappa shape index (κ1) is 18.9. The molecule has 0 spiro atoms. The molecule has 0 amide bonds. The summed E-state index contributed by atoms with van der Waals surface area (Å²) in [5, 5.41) is 4.38. The number of hydrogen-bond donors (Lipinski definition) is 1. The third-order valence-corrected chi connectivity index (χ3v) is 3.58. The molecule has 0 radical (unpaired) electrons. The van der Waals surface area contributed by atoms with Crippen molar-refractivity contribution in [3.8, 4) is 11.3 Å². The predicted molar refractivity (Wildman–Crippen MR) is 80.3 cm³/mol. The van der Waals surface area contributed by atoms with Crippen molar-refractivity contribution in [3.05, 3.63) is 35.7 Å². The van der Waals surface area contributed by atoms with Crippen LogP contribution in [0.5, 0.6) is 0 Å². The number of thiazole rings is 1. The van der Waals surface area contributed by atoms with Gasteiger partial charge in [0, 0.05) is 10.9 Å². The van der Waals surface area contributed by atoms with Crippen LogP contribution in [0.3, 0.4) is 0 Å². The Hall–Kier alpha value is -2.43. The lowest BCUT2D eigenvalue weighted by Gasteiger charge is -2.11. The fourth-order valence-corrected chi connectivity index (χ4v) is 2.30. The van der Waals surface area contributed by atoms with E-state index in [9.17, 15) is 31.1 Å². The van der Waals surface area contributed by atoms with Crippen LogP contribution >= 0.6 is 11.3 Å². The Morgan fingerprint density at radius 3 is 2.28 bits per heavy atom. The van der Waals surface area contributed by atoms with Crippen molar-refractivity contribution < 1.29 is 31.1 Å². The molecule has 1 heterocycles. The summed E-state index contributed by atoms with van der Waals surface area (Å²) < 4.78 is 74.7. The first-order chi connectivity index (χ1) is 11.6. The smallest absolute Gasteiger partial charge is 0.289 e. The Labute approximate surface area is 141 Å². The van der Waals surface area contributed by atoms with Gasteiger partial charge >= 0.3 is 12.4 Å². The zero-order valence-electron chi connectivity index (χ0n) is 12.1. The highest BCUT2D eigenvalue weighted by molar-refractivity contribution is 7.14. The quantitative estimate of drug-likeness (QED) is 0.466. The first-order valence-corrected chi connectivity index (χ1v) is 7.46. The van der Waals surface area contributed by atoms with Crippen LogP contribution < -0.4 is 5.43 Å². The molecule has 0 atom stereocenters. The van der Waals surface area contributed by atoms with Gasteiger partial charge in [0.15, 0.2) is 0 Å². The Morgan fingerprint density at radius 1 is 1.08 bits per heavy atom. The lowest BCUT2D eigenvalue weighted by Crippen LogP contribution is -2.32. The van der Waals surface area contributed by atoms with E-state index in [4.69, 9.17) is 0 Å². The van der Waals surface area contributed by atoms with E-state index in [0.29, 0.717) is 11.3 Å². The highest BCUT2D eigenvalue weighted by Crippen LogP contribution is 2.27. The molecule has 11 heteroatoms. The molecule has 0 unspecified atom stereocenters. The maximum Gasteiger partial charge on any atom is 0.450 e. The Kier molecular flexibility index (Phi) is 5.45. The molecule has 0 fully saturated rings. The fraction of sp³-hybridized carbons (Fsp3) is 0.214. The van der Waals surface area contributed by atoms with E-state index in [1.807, 2.05) is 5.43 Å². The second kappa shape index (κ2) is 7.21. The summed E-state index contributed by atoms with van der Waals surface area (Å²) in [5.41, 5.74) is 1.24. The van der Waals surface area contributed by atoms with Crippen molar-refractivity contribution >= 4 is 28.0 Å². The number of carbonyl (C=O) groups is 1. The fourth-order valence-electron chi connectivity index (χ4n) is 1.64. The summed E-state index contributed by atoms with van der Waals surface area (Å²) in [5.74, 6) is -2.53. The third-order valence-electron chi connectivity index (χ3n) is 2.83. The maximum absolute atomic E-state index is 12.7. The minimum Gasteiger partial charge on any atom is -0.289 e. The zero-order valence-corrected chi connectivity index (χ0v) is 13.0. The molecule has 0 saturated heterocycles. The average molecular weight is 381 g/mol. The van der Waals surface area contributed by atoms with Crippen LogP contribution in [0.4, 0.5) is 31.5 Å². The average Bonchev–Trinajstić information content (AvgIpc) is 2.99. The van der Waals surface area contributed by atoms with Crippen molar-refractivity contribution in [2.24, 2.45) is 5.10 Å². The lowest BCUT2D eigenvalue weighted by molar-refractivity contribution is -0.170. The van der Waals surface area contributed by atoms with E-state index in [-0.39, 0.29) is 5.13 Å². The Bertz CT molecular complexity index is 767. The number of carbonyl (C=O) groups excluding carboxylic acids is 1. The van der Waals surface area contributed by atoms with E-state index in [0.717, 1.165) is 11.3 Å². The van der Waals surface area contributed by atoms with Gasteiger partial charge in [-0.15, -0.1) is 11.3 Å². The lowest BCUT2D eigenvalue weighted by atomic mass is 10.2. The van der Waals surface area contributed by atoms with Crippen molar-refractivity contribution in [1.29, 1.82) is 0 Å². The van der Waals surface area contributed by atoms with Gasteiger partial charge in [-0.25, -0.2) is 4.98 Å². The monoisotopic (exact) mass is 381 g/mol. The van der Waals surface area contributed by atoms with Crippen LogP contribution in [0.2, 0.25) is 0 Å². The SMILES string of the molecule is O=C(C/C(=N\Nc1nc(-c2ccccc2)cs1)C(F)(F)F)C(F)(F)F. The molecule has 1 aromatic carbocycles. The van der Waals surface area contributed by atoms with Crippen molar-refractivity contribution in [2.75, 3.05) is 5.43 Å². The van der Waals surface area contributed by atoms with Gasteiger partial charge in [-0.1, -0.05) is 30.3 Å². The number of Topliss-reactive ketones (excluding diaryl/α,β-unsaturated/α-hetero) is 1. The van der Waals surface area contributed by atoms with Gasteiger partial charge in [-0.2, -0.15) is 31.4 Å². The van der Waals surface area contributed by atoms with Crippen LogP contribution in [0.25, 0.3) is 11.3 Å². The molecule has 134 valence electrons. The molecule has 1 N–H and O–H groups in total. The van der Waals surface area contributed by atoms with Crippen LogP contribution in [0.1, 0.15) is 6.42 Å². The molecule has 2 rings (SSSR count). The normalized spacial score (nSPS) is 13.0. The van der Waals surface area contributed by atoms with E-state index in [1.165, 1.54) is 0 Å². The molecule has 0 aliphatic carbocycles. The standard InChI is InChI=1S/C14H9F6N3OS/c15-13(16,17)10(6-11(24)14(18,19)20)22-23-12-21-9(7-25-12)8-4-2-1-3-5-8/h1-5,7H,6H2,(H,21,23)/b22-10+. The van der Waals surface area contributed by atoms with Crippen LogP contribution in [0, 0.1) is 0 Å². The highest BCUT2D eigenvalue weighted by atomic mass is 32.1. The van der Waals surface area contributed by atoms with E-state index in [1.54, 1.807) is 35.7 Å². The molecular weight excluding hydrogens is 372 g/mol. The number of aromatic nitrogens is 1. The number of hydrazone groups is 1. The van der Waals surface area contributed by atoms with Gasteiger partial charge in [-0.05, 0) is 0 Å². The molecule has 1 aromatic heterocycles. The van der Waals surface area contributed by atoms with Gasteiger partial charge < -0.3 is 0 Å². The molecule has 0 aliphatic rings. The molecule has 0 saturated carbocycles. The third kappa shape index (κ3) is 5.28. The molecule has 0 aliphatic heterocycles. The predicted octanol–water partition coefficient (Wildman–Crippen LogP) is 4.66. The van der Waals surface area contributed by atoms with Crippen molar-refractivity contribution in [2.45, 2.75) is 18.8 Å². The molecule has 4 nitrogen and oxygen atoms in total. The van der Waals surface area contributed by atoms with E-state index < -0.39 is 30.3 Å². The minimum absolute atomic E-state index is 0.0555. The van der Waals surface area contributed by atoms with Gasteiger partial charge in [0.1, 0.15) is 5.71 Å². The minimum atomic E-state index is -5.37. The zero-order chi connectivity index (χ0) is 18.7. The molecule has 0 bridgehead atoms. The number of nitrogens with zero attached hydrogens (tertiary/aromatic N) is 2. The Balaban J connectivity index is 2.16. The first-order valence-electron chi connectivity index (χ1n) is 6.58. The molecule has 25 heavy (non-hydrogen) atoms. The van der Waals surface area contributed by atoms with Crippen LogP contribution in [-0.4, -0.2) is 28.8 Å². The van der Waals surface area contributed by atoms with Crippen LogP contribution in [-0.2, 0) is 4.79 Å². The maximum atomic E-state index is 12.7. The van der Waals surface area contributed by atoms with E-state index >= 15 is 0 Å². The number of benzene rings is 1. The number of halogens is 6. The second-order valence-electron chi connectivity index (χ2n) is 4.67.